The van der Waals surface area contributed by atoms with E-state index in [2.05, 4.69) is 101 Å². The lowest BCUT2D eigenvalue weighted by atomic mass is 9.82. The first-order chi connectivity index (χ1) is 18.1. The summed E-state index contributed by atoms with van der Waals surface area (Å²) in [4.78, 5) is 10.9. The van der Waals surface area contributed by atoms with Gasteiger partial charge in [0, 0.05) is 18.5 Å². The number of hydrogen-bond donors (Lipinski definition) is 0. The topological polar surface area (TPSA) is 25.8 Å². The maximum absolute atomic E-state index is 4.84. The van der Waals surface area contributed by atoms with Gasteiger partial charge in [0.15, 0.2) is 0 Å². The standard InChI is InChI=1S/C34H38N2SSi/c1-22-30-33(37-32(22)25-13-11-23(12-14-25)24-15-17-38(5,6)18-16-24)31(36-21-35-30)27-19-26-9-7-8-10-28(26)29(20-27)34(2,3)4/h7-14,19-21,24H,15-18H2,1-6H3. The average molecular weight is 535 g/mol. The lowest BCUT2D eigenvalue weighted by Crippen LogP contribution is -2.30. The molecule has 2 aromatic heterocycles. The zero-order valence-corrected chi connectivity index (χ0v) is 25.4. The van der Waals surface area contributed by atoms with E-state index in [9.17, 15) is 0 Å². The minimum atomic E-state index is -0.929. The van der Waals surface area contributed by atoms with Crippen LogP contribution in [0.3, 0.4) is 0 Å². The van der Waals surface area contributed by atoms with Crippen LogP contribution in [0.25, 0.3) is 42.7 Å². The molecule has 0 atom stereocenters. The van der Waals surface area contributed by atoms with E-state index in [1.54, 1.807) is 6.33 Å². The second kappa shape index (κ2) is 9.43. The number of hydrogen-bond acceptors (Lipinski definition) is 3. The van der Waals surface area contributed by atoms with Crippen molar-refractivity contribution < 1.29 is 0 Å². The minimum absolute atomic E-state index is 0.0380. The van der Waals surface area contributed by atoms with Gasteiger partial charge in [0.1, 0.15) is 6.33 Å². The molecule has 0 radical (unpaired) electrons. The number of nitrogens with zero attached hydrogens (tertiary/aromatic N) is 2. The molecule has 0 saturated carbocycles. The third-order valence-corrected chi connectivity index (χ3v) is 13.3. The summed E-state index contributed by atoms with van der Waals surface area (Å²) >= 11 is 1.84. The monoisotopic (exact) mass is 534 g/mol. The Hall–Kier alpha value is -2.82. The van der Waals surface area contributed by atoms with Gasteiger partial charge in [-0.05, 0) is 76.3 Å². The van der Waals surface area contributed by atoms with Gasteiger partial charge >= 0.3 is 0 Å². The lowest BCUT2D eigenvalue weighted by Gasteiger charge is -2.33. The summed E-state index contributed by atoms with van der Waals surface area (Å²) < 4.78 is 1.18. The molecule has 1 saturated heterocycles. The molecule has 2 nitrogen and oxygen atoms in total. The number of fused-ring (bicyclic) bond motifs is 2. The molecule has 194 valence electrons. The molecule has 6 rings (SSSR count). The first kappa shape index (κ1) is 25.5. The number of benzene rings is 3. The highest BCUT2D eigenvalue weighted by molar-refractivity contribution is 7.23. The minimum Gasteiger partial charge on any atom is -0.235 e. The van der Waals surface area contributed by atoms with Crippen molar-refractivity contribution in [2.75, 3.05) is 0 Å². The van der Waals surface area contributed by atoms with Gasteiger partial charge in [-0.25, -0.2) is 9.97 Å². The molecule has 0 N–H and O–H groups in total. The van der Waals surface area contributed by atoms with Crippen LogP contribution in [-0.4, -0.2) is 18.0 Å². The Morgan fingerprint density at radius 3 is 2.29 bits per heavy atom. The Morgan fingerprint density at radius 1 is 0.868 bits per heavy atom. The quantitative estimate of drug-likeness (QED) is 0.215. The summed E-state index contributed by atoms with van der Waals surface area (Å²) in [5.41, 5.74) is 8.74. The number of rotatable bonds is 3. The molecule has 4 heteroatoms. The number of aromatic nitrogens is 2. The molecule has 3 aromatic carbocycles. The normalized spacial score (nSPS) is 16.4. The predicted octanol–water partition coefficient (Wildman–Crippen LogP) is 10.4. The largest absolute Gasteiger partial charge is 0.235 e. The van der Waals surface area contributed by atoms with Gasteiger partial charge in [-0.15, -0.1) is 11.3 Å². The second-order valence-electron chi connectivity index (χ2n) is 13.0. The van der Waals surface area contributed by atoms with Crippen LogP contribution in [0, 0.1) is 6.92 Å². The summed E-state index contributed by atoms with van der Waals surface area (Å²) in [7, 11) is -0.929. The third kappa shape index (κ3) is 4.63. The van der Waals surface area contributed by atoms with Crippen molar-refractivity contribution in [2.45, 2.75) is 77.1 Å². The maximum Gasteiger partial charge on any atom is 0.116 e. The van der Waals surface area contributed by atoms with E-state index in [1.807, 2.05) is 11.3 Å². The van der Waals surface area contributed by atoms with Gasteiger partial charge in [-0.3, -0.25) is 0 Å². The summed E-state index contributed by atoms with van der Waals surface area (Å²) in [5.74, 6) is 0.732. The van der Waals surface area contributed by atoms with E-state index in [0.717, 1.165) is 17.1 Å². The molecule has 0 bridgehead atoms. The first-order valence-electron chi connectivity index (χ1n) is 14.0. The fraction of sp³-hybridized carbons (Fsp3) is 0.353. The van der Waals surface area contributed by atoms with Crippen molar-refractivity contribution in [3.8, 4) is 21.7 Å². The fourth-order valence-corrected chi connectivity index (χ4v) is 10.00. The van der Waals surface area contributed by atoms with Gasteiger partial charge < -0.3 is 0 Å². The van der Waals surface area contributed by atoms with Gasteiger partial charge in [-0.2, -0.15) is 0 Å². The van der Waals surface area contributed by atoms with Gasteiger partial charge in [0.25, 0.3) is 0 Å². The fourth-order valence-electron chi connectivity index (χ4n) is 6.21. The first-order valence-corrected chi connectivity index (χ1v) is 18.2. The zero-order chi connectivity index (χ0) is 26.7. The summed E-state index contributed by atoms with van der Waals surface area (Å²) in [5, 5.41) is 2.58. The molecule has 1 aliphatic rings. The van der Waals surface area contributed by atoms with Crippen LogP contribution >= 0.6 is 11.3 Å². The zero-order valence-electron chi connectivity index (χ0n) is 23.6. The SMILES string of the molecule is Cc1c(-c2ccc(C3CC[Si](C)(C)CC3)cc2)sc2c(-c3cc(C(C)(C)C)c4ccccc4c3)ncnc12. The Labute approximate surface area is 232 Å². The smallest absolute Gasteiger partial charge is 0.116 e. The van der Waals surface area contributed by atoms with Gasteiger partial charge in [0.2, 0.25) is 0 Å². The van der Waals surface area contributed by atoms with Crippen LogP contribution in [0.2, 0.25) is 25.2 Å². The van der Waals surface area contributed by atoms with Crippen molar-refractivity contribution in [1.29, 1.82) is 0 Å². The van der Waals surface area contributed by atoms with E-state index >= 15 is 0 Å². The lowest BCUT2D eigenvalue weighted by molar-refractivity contribution is 0.596. The molecule has 0 spiro atoms. The molecular formula is C34H38N2SSi. The van der Waals surface area contributed by atoms with Crippen molar-refractivity contribution in [1.82, 2.24) is 9.97 Å². The maximum atomic E-state index is 4.84. The van der Waals surface area contributed by atoms with E-state index in [4.69, 9.17) is 9.97 Å². The highest BCUT2D eigenvalue weighted by atomic mass is 32.1. The number of aryl methyl sites for hydroxylation is 1. The van der Waals surface area contributed by atoms with Crippen LogP contribution in [-0.2, 0) is 5.41 Å². The summed E-state index contributed by atoms with van der Waals surface area (Å²) in [6, 6.07) is 25.7. The molecule has 1 fully saturated rings. The highest BCUT2D eigenvalue weighted by Gasteiger charge is 2.29. The summed E-state index contributed by atoms with van der Waals surface area (Å²) in [6.07, 6.45) is 4.47. The predicted molar refractivity (Wildman–Crippen MR) is 168 cm³/mol. The van der Waals surface area contributed by atoms with E-state index in [0.29, 0.717) is 0 Å². The Kier molecular flexibility index (Phi) is 6.31. The Bertz CT molecular complexity index is 1630. The van der Waals surface area contributed by atoms with Crippen LogP contribution in [0.4, 0.5) is 0 Å². The molecule has 3 heterocycles. The molecule has 0 unspecified atom stereocenters. The van der Waals surface area contributed by atoms with Crippen molar-refractivity contribution in [3.63, 3.8) is 0 Å². The molecule has 1 aliphatic heterocycles. The second-order valence-corrected chi connectivity index (χ2v) is 19.4. The van der Waals surface area contributed by atoms with Crippen molar-refractivity contribution in [2.24, 2.45) is 0 Å². The summed E-state index contributed by atoms with van der Waals surface area (Å²) in [6.45, 7) is 14.2. The third-order valence-electron chi connectivity index (χ3n) is 8.63. The van der Waals surface area contributed by atoms with Gasteiger partial charge in [0.05, 0.1) is 15.9 Å². The molecule has 0 amide bonds. The van der Waals surface area contributed by atoms with Crippen LogP contribution in [0.1, 0.15) is 56.2 Å². The van der Waals surface area contributed by atoms with Crippen molar-refractivity contribution >= 4 is 40.4 Å². The highest BCUT2D eigenvalue weighted by Crippen LogP contribution is 2.44. The van der Waals surface area contributed by atoms with Crippen LogP contribution in [0.15, 0.2) is 67.0 Å². The van der Waals surface area contributed by atoms with Gasteiger partial charge in [-0.1, -0.05) is 94.5 Å². The van der Waals surface area contributed by atoms with Crippen LogP contribution in [0.5, 0.6) is 0 Å². The molecule has 5 aromatic rings. The van der Waals surface area contributed by atoms with E-state index in [-0.39, 0.29) is 5.41 Å². The Balaban J connectivity index is 1.41. The van der Waals surface area contributed by atoms with E-state index < -0.39 is 8.07 Å². The molecular weight excluding hydrogens is 497 g/mol. The average Bonchev–Trinajstić information content (AvgIpc) is 3.24. The Morgan fingerprint density at radius 2 is 1.58 bits per heavy atom. The molecule has 38 heavy (non-hydrogen) atoms. The number of thiophene rings is 1. The van der Waals surface area contributed by atoms with Crippen LogP contribution < -0.4 is 0 Å². The van der Waals surface area contributed by atoms with E-state index in [1.165, 1.54) is 73.1 Å². The molecule has 0 aliphatic carbocycles. The van der Waals surface area contributed by atoms with Crippen molar-refractivity contribution in [3.05, 3.63) is 83.7 Å².